The summed E-state index contributed by atoms with van der Waals surface area (Å²) in [6, 6.07) is 12.0. The predicted molar refractivity (Wildman–Crippen MR) is 126 cm³/mol. The highest BCUT2D eigenvalue weighted by molar-refractivity contribution is 7.98. The highest BCUT2D eigenvalue weighted by Crippen LogP contribution is 2.54. The third kappa shape index (κ3) is 2.99. The van der Waals surface area contributed by atoms with Crippen molar-refractivity contribution in [1.82, 2.24) is 5.32 Å². The third-order valence-electron chi connectivity index (χ3n) is 6.88. The maximum atomic E-state index is 14.0. The van der Waals surface area contributed by atoms with Crippen molar-refractivity contribution in [2.75, 3.05) is 36.4 Å². The normalized spacial score (nSPS) is 27.7. The molecule has 2 aromatic rings. The lowest BCUT2D eigenvalue weighted by molar-refractivity contribution is -0.130. The molecule has 2 saturated heterocycles. The summed E-state index contributed by atoms with van der Waals surface area (Å²) in [5.41, 5.74) is 0.402. The number of hydrogen-bond acceptors (Lipinski definition) is 7. The third-order valence-corrected chi connectivity index (χ3v) is 7.53. The summed E-state index contributed by atoms with van der Waals surface area (Å²) in [5.74, 6) is -0.897. The summed E-state index contributed by atoms with van der Waals surface area (Å²) in [5, 5.41) is 6.36. The molecule has 9 heteroatoms. The fourth-order valence-corrected chi connectivity index (χ4v) is 5.95. The van der Waals surface area contributed by atoms with Crippen LogP contribution in [0.15, 0.2) is 42.5 Å². The maximum absolute atomic E-state index is 14.0. The lowest BCUT2D eigenvalue weighted by Crippen LogP contribution is -2.53. The minimum absolute atomic E-state index is 0.300. The van der Waals surface area contributed by atoms with Gasteiger partial charge in [0.05, 0.1) is 31.7 Å². The number of carbonyl (C=O) groups is 3. The fraction of sp³-hybridized carbons (Fsp3) is 0.375. The van der Waals surface area contributed by atoms with Crippen LogP contribution in [0.25, 0.3) is 0 Å². The van der Waals surface area contributed by atoms with Crippen LogP contribution in [0.2, 0.25) is 0 Å². The molecule has 5 rings (SSSR count). The van der Waals surface area contributed by atoms with Crippen molar-refractivity contribution in [2.45, 2.75) is 18.0 Å². The van der Waals surface area contributed by atoms with Gasteiger partial charge < -0.3 is 14.8 Å². The Bertz CT molecular complexity index is 1150. The molecule has 2 aromatic carbocycles. The molecule has 1 spiro atoms. The standard InChI is InChI=1S/C24H25N3O5S/c1-31-13-8-9-18(32-2)17(12-13)27-21(28)19-16(10-11-33-3)26-24(20(19)22(27)29)14-6-4-5-7-15(14)25-23(24)30/h4-9,12,16,19-20,26H,10-11H2,1-3H3,(H,25,30)/t16-,19+,20-,24-/m0/s1. The molecule has 0 radical (unpaired) electrons. The zero-order chi connectivity index (χ0) is 23.3. The molecule has 2 N–H and O–H groups in total. The minimum Gasteiger partial charge on any atom is -0.497 e. The van der Waals surface area contributed by atoms with Crippen LogP contribution in [0.3, 0.4) is 0 Å². The van der Waals surface area contributed by atoms with Gasteiger partial charge >= 0.3 is 0 Å². The van der Waals surface area contributed by atoms with E-state index < -0.39 is 23.3 Å². The van der Waals surface area contributed by atoms with Crippen LogP contribution in [0.5, 0.6) is 11.5 Å². The molecule has 2 fully saturated rings. The Balaban J connectivity index is 1.66. The lowest BCUT2D eigenvalue weighted by Gasteiger charge is -2.29. The van der Waals surface area contributed by atoms with Gasteiger partial charge in [-0.05, 0) is 36.6 Å². The number of ether oxygens (including phenoxy) is 2. The van der Waals surface area contributed by atoms with E-state index in [-0.39, 0.29) is 17.9 Å². The van der Waals surface area contributed by atoms with Gasteiger partial charge in [-0.15, -0.1) is 0 Å². The average molecular weight is 468 g/mol. The van der Waals surface area contributed by atoms with Gasteiger partial charge in [-0.1, -0.05) is 18.2 Å². The first-order valence-corrected chi connectivity index (χ1v) is 12.1. The quantitative estimate of drug-likeness (QED) is 0.630. The van der Waals surface area contributed by atoms with Crippen LogP contribution in [0.4, 0.5) is 11.4 Å². The highest BCUT2D eigenvalue weighted by Gasteiger charge is 2.70. The molecule has 172 valence electrons. The lowest BCUT2D eigenvalue weighted by atomic mass is 9.76. The Morgan fingerprint density at radius 2 is 1.85 bits per heavy atom. The fourth-order valence-electron chi connectivity index (χ4n) is 5.46. The number of nitrogens with zero attached hydrogens (tertiary/aromatic N) is 1. The van der Waals surface area contributed by atoms with E-state index in [1.54, 1.807) is 30.0 Å². The number of carbonyl (C=O) groups excluding carboxylic acids is 3. The highest BCUT2D eigenvalue weighted by atomic mass is 32.2. The molecule has 0 aromatic heterocycles. The summed E-state index contributed by atoms with van der Waals surface area (Å²) in [4.78, 5) is 42.4. The molecule has 3 heterocycles. The molecule has 8 nitrogen and oxygen atoms in total. The summed E-state index contributed by atoms with van der Waals surface area (Å²) in [6.07, 6.45) is 2.65. The Hall–Kier alpha value is -3.04. The first-order chi connectivity index (χ1) is 16.0. The number of fused-ring (bicyclic) bond motifs is 4. The van der Waals surface area contributed by atoms with Crippen molar-refractivity contribution >= 4 is 40.9 Å². The zero-order valence-corrected chi connectivity index (χ0v) is 19.4. The first kappa shape index (κ1) is 21.8. The van der Waals surface area contributed by atoms with E-state index in [0.717, 1.165) is 5.75 Å². The number of para-hydroxylation sites is 1. The van der Waals surface area contributed by atoms with Crippen LogP contribution in [0, 0.1) is 11.8 Å². The van der Waals surface area contributed by atoms with Crippen LogP contribution >= 0.6 is 11.8 Å². The van der Waals surface area contributed by atoms with Crippen molar-refractivity contribution in [1.29, 1.82) is 0 Å². The Morgan fingerprint density at radius 3 is 2.58 bits per heavy atom. The predicted octanol–water partition coefficient (Wildman–Crippen LogP) is 2.38. The molecule has 3 amide bonds. The van der Waals surface area contributed by atoms with Crippen LogP contribution in [-0.2, 0) is 19.9 Å². The number of anilines is 2. The zero-order valence-electron chi connectivity index (χ0n) is 18.6. The van der Waals surface area contributed by atoms with Gasteiger partial charge in [0.2, 0.25) is 17.7 Å². The van der Waals surface area contributed by atoms with Crippen LogP contribution in [0.1, 0.15) is 12.0 Å². The second-order valence-corrected chi connectivity index (χ2v) is 9.38. The topological polar surface area (TPSA) is 97.0 Å². The Labute approximate surface area is 196 Å². The molecule has 33 heavy (non-hydrogen) atoms. The molecule has 3 aliphatic heterocycles. The summed E-state index contributed by atoms with van der Waals surface area (Å²) >= 11 is 1.66. The molecule has 4 atom stereocenters. The average Bonchev–Trinajstić information content (AvgIpc) is 3.41. The van der Waals surface area contributed by atoms with Gasteiger partial charge in [0.15, 0.2) is 0 Å². The van der Waals surface area contributed by atoms with Crippen molar-refractivity contribution in [3.8, 4) is 11.5 Å². The van der Waals surface area contributed by atoms with Crippen molar-refractivity contribution in [3.63, 3.8) is 0 Å². The number of thioether (sulfide) groups is 1. The van der Waals surface area contributed by atoms with Gasteiger partial charge in [0.1, 0.15) is 17.0 Å². The van der Waals surface area contributed by atoms with E-state index in [2.05, 4.69) is 10.6 Å². The van der Waals surface area contributed by atoms with Gasteiger partial charge in [-0.3, -0.25) is 19.7 Å². The van der Waals surface area contributed by atoms with E-state index in [0.29, 0.717) is 34.9 Å². The number of nitrogens with one attached hydrogen (secondary N) is 2. The van der Waals surface area contributed by atoms with E-state index in [9.17, 15) is 14.4 Å². The van der Waals surface area contributed by atoms with Crippen molar-refractivity contribution in [3.05, 3.63) is 48.0 Å². The van der Waals surface area contributed by atoms with Gasteiger partial charge in [-0.2, -0.15) is 11.8 Å². The number of benzene rings is 2. The second kappa shape index (κ2) is 8.07. The molecular weight excluding hydrogens is 442 g/mol. The summed E-state index contributed by atoms with van der Waals surface area (Å²) in [7, 11) is 3.01. The molecule has 3 aliphatic rings. The summed E-state index contributed by atoms with van der Waals surface area (Å²) < 4.78 is 10.8. The second-order valence-electron chi connectivity index (χ2n) is 8.39. The molecule has 0 bridgehead atoms. The molecular formula is C24H25N3O5S. The maximum Gasteiger partial charge on any atom is 0.250 e. The van der Waals surface area contributed by atoms with Crippen LogP contribution < -0.4 is 25.0 Å². The van der Waals surface area contributed by atoms with Gasteiger partial charge in [0.25, 0.3) is 0 Å². The smallest absolute Gasteiger partial charge is 0.250 e. The van der Waals surface area contributed by atoms with Crippen molar-refractivity contribution < 1.29 is 23.9 Å². The largest absolute Gasteiger partial charge is 0.497 e. The Morgan fingerprint density at radius 1 is 1.06 bits per heavy atom. The van der Waals surface area contributed by atoms with E-state index in [1.807, 2.05) is 30.5 Å². The molecule has 0 aliphatic carbocycles. The van der Waals surface area contributed by atoms with Crippen molar-refractivity contribution in [2.24, 2.45) is 11.8 Å². The Kier molecular flexibility index (Phi) is 5.33. The summed E-state index contributed by atoms with van der Waals surface area (Å²) in [6.45, 7) is 0. The van der Waals surface area contributed by atoms with Gasteiger partial charge in [-0.25, -0.2) is 4.90 Å². The minimum atomic E-state index is -1.29. The van der Waals surface area contributed by atoms with Gasteiger partial charge in [0, 0.05) is 23.4 Å². The van der Waals surface area contributed by atoms with E-state index >= 15 is 0 Å². The van der Waals surface area contributed by atoms with E-state index in [4.69, 9.17) is 9.47 Å². The number of methoxy groups -OCH3 is 2. The number of imide groups is 1. The SMILES string of the molecule is COc1ccc(OC)c(N2C(=O)[C@@H]3[C@H](CCSC)N[C@]4(C(=O)Nc5ccccc54)[C@@H]3C2=O)c1. The molecule has 0 saturated carbocycles. The first-order valence-electron chi connectivity index (χ1n) is 10.7. The van der Waals surface area contributed by atoms with Crippen LogP contribution in [-0.4, -0.2) is 50.0 Å². The number of rotatable bonds is 6. The van der Waals surface area contributed by atoms with E-state index in [1.165, 1.54) is 19.1 Å². The molecule has 0 unspecified atom stereocenters. The number of amides is 3. The monoisotopic (exact) mass is 467 g/mol. The number of hydrogen-bond donors (Lipinski definition) is 2.